The molecule has 0 amide bonds. The molecule has 112 valence electrons. The van der Waals surface area contributed by atoms with Gasteiger partial charge >= 0.3 is 0 Å². The average Bonchev–Trinajstić information content (AvgIpc) is 2.42. The molecule has 1 N–H and O–H groups in total. The summed E-state index contributed by atoms with van der Waals surface area (Å²) in [4.78, 5) is 0.0766. The fourth-order valence-corrected chi connectivity index (χ4v) is 4.03. The number of rotatable bonds is 4. The van der Waals surface area contributed by atoms with Crippen LogP contribution in [0.4, 0.5) is 5.69 Å². The first-order chi connectivity index (χ1) is 9.83. The second kappa shape index (κ2) is 6.37. The van der Waals surface area contributed by atoms with Crippen LogP contribution < -0.4 is 9.46 Å². The third kappa shape index (κ3) is 3.78. The number of methoxy groups -OCH3 is 1. The van der Waals surface area contributed by atoms with Crippen LogP contribution in [0.3, 0.4) is 0 Å². The highest BCUT2D eigenvalue weighted by atomic mass is 79.9. The van der Waals surface area contributed by atoms with Gasteiger partial charge in [-0.1, -0.05) is 22.0 Å². The zero-order valence-electron chi connectivity index (χ0n) is 11.4. The van der Waals surface area contributed by atoms with Crippen LogP contribution in [0.1, 0.15) is 5.56 Å². The van der Waals surface area contributed by atoms with Crippen molar-refractivity contribution in [3.05, 3.63) is 50.9 Å². The summed E-state index contributed by atoms with van der Waals surface area (Å²) < 4.78 is 34.2. The molecule has 0 fully saturated rings. The summed E-state index contributed by atoms with van der Waals surface area (Å²) >= 11 is 6.61. The third-order valence-electron chi connectivity index (χ3n) is 2.78. The fraction of sp³-hybridized carbons (Fsp3) is 0.143. The van der Waals surface area contributed by atoms with Crippen LogP contribution in [0, 0.1) is 6.92 Å². The number of hydrogen-bond donors (Lipinski definition) is 1. The van der Waals surface area contributed by atoms with E-state index in [1.165, 1.54) is 13.2 Å². The number of benzene rings is 2. The summed E-state index contributed by atoms with van der Waals surface area (Å²) in [6, 6.07) is 10.3. The third-order valence-corrected chi connectivity index (χ3v) is 5.35. The van der Waals surface area contributed by atoms with E-state index in [1.54, 1.807) is 24.3 Å². The highest BCUT2D eigenvalue weighted by molar-refractivity contribution is 9.10. The summed E-state index contributed by atoms with van der Waals surface area (Å²) in [7, 11) is -2.32. The van der Waals surface area contributed by atoms with Crippen molar-refractivity contribution in [3.63, 3.8) is 0 Å². The van der Waals surface area contributed by atoms with Crippen LogP contribution >= 0.6 is 31.9 Å². The van der Waals surface area contributed by atoms with E-state index in [-0.39, 0.29) is 10.6 Å². The quantitative estimate of drug-likeness (QED) is 0.778. The predicted octanol–water partition coefficient (Wildman–Crippen LogP) is 4.33. The molecule has 0 aliphatic heterocycles. The summed E-state index contributed by atoms with van der Waals surface area (Å²) in [5.41, 5.74) is 1.44. The van der Waals surface area contributed by atoms with E-state index >= 15 is 0 Å². The van der Waals surface area contributed by atoms with Crippen molar-refractivity contribution in [1.82, 2.24) is 0 Å². The van der Waals surface area contributed by atoms with Crippen molar-refractivity contribution in [2.24, 2.45) is 0 Å². The van der Waals surface area contributed by atoms with Crippen LogP contribution in [0.2, 0.25) is 0 Å². The Balaban J connectivity index is 2.48. The van der Waals surface area contributed by atoms with E-state index in [4.69, 9.17) is 4.74 Å². The second-order valence-corrected chi connectivity index (χ2v) is 7.80. The van der Waals surface area contributed by atoms with Gasteiger partial charge in [-0.2, -0.15) is 0 Å². The molecule has 0 aliphatic rings. The Kier molecular flexibility index (Phi) is 4.95. The minimum atomic E-state index is -3.75. The van der Waals surface area contributed by atoms with Gasteiger partial charge in [-0.05, 0) is 58.7 Å². The first-order valence-electron chi connectivity index (χ1n) is 5.96. The van der Waals surface area contributed by atoms with Gasteiger partial charge in [-0.15, -0.1) is 0 Å². The van der Waals surface area contributed by atoms with Crippen molar-refractivity contribution in [2.45, 2.75) is 11.8 Å². The molecule has 21 heavy (non-hydrogen) atoms. The normalized spacial score (nSPS) is 11.2. The molecule has 2 aromatic carbocycles. The molecular formula is C14H13Br2NO3S. The van der Waals surface area contributed by atoms with Gasteiger partial charge in [0.05, 0.1) is 12.8 Å². The number of aryl methyl sites for hydroxylation is 1. The van der Waals surface area contributed by atoms with Crippen LogP contribution in [-0.2, 0) is 10.0 Å². The molecule has 4 nitrogen and oxygen atoms in total. The number of hydrogen-bond acceptors (Lipinski definition) is 3. The Bertz CT molecular complexity index is 776. The molecule has 7 heteroatoms. The molecule has 0 saturated carbocycles. The number of halogens is 2. The highest BCUT2D eigenvalue weighted by Crippen LogP contribution is 2.31. The maximum atomic E-state index is 12.6. The van der Waals surface area contributed by atoms with E-state index in [0.717, 1.165) is 5.56 Å². The van der Waals surface area contributed by atoms with Gasteiger partial charge in [-0.25, -0.2) is 8.42 Å². The van der Waals surface area contributed by atoms with Gasteiger partial charge in [0, 0.05) is 8.95 Å². The van der Waals surface area contributed by atoms with E-state index in [0.29, 0.717) is 14.6 Å². The molecule has 0 spiro atoms. The van der Waals surface area contributed by atoms with E-state index in [9.17, 15) is 8.42 Å². The molecule has 0 radical (unpaired) electrons. The van der Waals surface area contributed by atoms with Crippen LogP contribution in [0.25, 0.3) is 0 Å². The highest BCUT2D eigenvalue weighted by Gasteiger charge is 2.21. The van der Waals surface area contributed by atoms with Gasteiger partial charge in [0.15, 0.2) is 0 Å². The lowest BCUT2D eigenvalue weighted by Gasteiger charge is -2.13. The van der Waals surface area contributed by atoms with E-state index in [1.807, 2.05) is 13.0 Å². The summed E-state index contributed by atoms with van der Waals surface area (Å²) in [5.74, 6) is 0.287. The number of ether oxygens (including phenoxy) is 1. The minimum absolute atomic E-state index is 0.0766. The summed E-state index contributed by atoms with van der Waals surface area (Å²) in [6.07, 6.45) is 0. The maximum Gasteiger partial charge on any atom is 0.265 e. The van der Waals surface area contributed by atoms with Crippen molar-refractivity contribution in [2.75, 3.05) is 11.8 Å². The smallest absolute Gasteiger partial charge is 0.265 e. The van der Waals surface area contributed by atoms with Crippen molar-refractivity contribution < 1.29 is 13.2 Å². The summed E-state index contributed by atoms with van der Waals surface area (Å²) in [6.45, 7) is 1.89. The molecule has 0 unspecified atom stereocenters. The van der Waals surface area contributed by atoms with Gasteiger partial charge < -0.3 is 4.74 Å². The molecule has 0 atom stereocenters. The number of anilines is 1. The lowest BCUT2D eigenvalue weighted by molar-refractivity contribution is 0.403. The average molecular weight is 435 g/mol. The van der Waals surface area contributed by atoms with Crippen molar-refractivity contribution in [1.29, 1.82) is 0 Å². The number of nitrogens with one attached hydrogen (secondary N) is 1. The predicted molar refractivity (Wildman–Crippen MR) is 90.4 cm³/mol. The summed E-state index contributed by atoms with van der Waals surface area (Å²) in [5, 5.41) is 0. The first kappa shape index (κ1) is 16.3. The largest absolute Gasteiger partial charge is 0.495 e. The Morgan fingerprint density at radius 1 is 1.10 bits per heavy atom. The molecule has 0 saturated heterocycles. The molecule has 0 aromatic heterocycles. The Hall–Kier alpha value is -1.05. The van der Waals surface area contributed by atoms with Crippen molar-refractivity contribution >= 4 is 47.6 Å². The molecule has 0 bridgehead atoms. The van der Waals surface area contributed by atoms with Crippen LogP contribution in [0.5, 0.6) is 5.75 Å². The monoisotopic (exact) mass is 433 g/mol. The Labute approximate surface area is 140 Å². The van der Waals surface area contributed by atoms with Crippen LogP contribution in [0.15, 0.2) is 50.2 Å². The van der Waals surface area contributed by atoms with Gasteiger partial charge in [0.2, 0.25) is 0 Å². The fourth-order valence-electron chi connectivity index (χ4n) is 1.78. The maximum absolute atomic E-state index is 12.6. The molecule has 2 aromatic rings. The molecule has 0 heterocycles. The number of sulfonamides is 1. The van der Waals surface area contributed by atoms with Crippen LogP contribution in [-0.4, -0.2) is 15.5 Å². The van der Waals surface area contributed by atoms with Gasteiger partial charge in [0.1, 0.15) is 10.6 Å². The van der Waals surface area contributed by atoms with Gasteiger partial charge in [-0.3, -0.25) is 4.72 Å². The zero-order valence-corrected chi connectivity index (χ0v) is 15.3. The molecule has 2 rings (SSSR count). The Morgan fingerprint density at radius 2 is 1.81 bits per heavy atom. The Morgan fingerprint density at radius 3 is 2.48 bits per heavy atom. The zero-order chi connectivity index (χ0) is 15.6. The van der Waals surface area contributed by atoms with E-state index in [2.05, 4.69) is 36.6 Å². The molecular weight excluding hydrogens is 422 g/mol. The second-order valence-electron chi connectivity index (χ2n) is 4.38. The van der Waals surface area contributed by atoms with E-state index < -0.39 is 10.0 Å². The first-order valence-corrected chi connectivity index (χ1v) is 9.03. The lowest BCUT2D eigenvalue weighted by atomic mass is 10.2. The lowest BCUT2D eigenvalue weighted by Crippen LogP contribution is -2.14. The standard InChI is InChI=1S/C14H13Br2NO3S/c1-9-3-5-11(16)12(7-9)17-21(18,19)14-8-10(15)4-6-13(14)20-2/h3-8,17H,1-2H3. The SMILES string of the molecule is COc1ccc(Br)cc1S(=O)(=O)Nc1cc(C)ccc1Br. The minimum Gasteiger partial charge on any atom is -0.495 e. The van der Waals surface area contributed by atoms with Crippen molar-refractivity contribution in [3.8, 4) is 5.75 Å². The molecule has 0 aliphatic carbocycles. The topological polar surface area (TPSA) is 55.4 Å². The van der Waals surface area contributed by atoms with Gasteiger partial charge in [0.25, 0.3) is 10.0 Å².